The van der Waals surface area contributed by atoms with E-state index in [2.05, 4.69) is 26.6 Å². The molecular formula is C24H18BrClN2O5. The molecule has 7 nitrogen and oxygen atoms in total. The normalized spacial score (nSPS) is 11.0. The Labute approximate surface area is 202 Å². The number of hydrogen-bond donors (Lipinski definition) is 4. The number of phenolic OH excluding ortho intramolecular Hbond substituents is 1. The van der Waals surface area contributed by atoms with Crippen LogP contribution in [0.3, 0.4) is 0 Å². The number of benzene rings is 3. The summed E-state index contributed by atoms with van der Waals surface area (Å²) in [7, 11) is 0. The third-order valence-electron chi connectivity index (χ3n) is 4.50. The highest BCUT2D eigenvalue weighted by atomic mass is 79.9. The minimum atomic E-state index is -1.31. The number of carbonyl (C=O) groups excluding carboxylic acids is 2. The molecule has 2 amide bonds. The molecule has 0 aliphatic rings. The van der Waals surface area contributed by atoms with Gasteiger partial charge in [0.15, 0.2) is 0 Å². The van der Waals surface area contributed by atoms with E-state index in [0.29, 0.717) is 11.1 Å². The smallest absolute Gasteiger partial charge is 0.352 e. The van der Waals surface area contributed by atoms with Gasteiger partial charge in [-0.15, -0.1) is 0 Å². The molecule has 0 atom stereocenters. The number of hydrogen-bond acceptors (Lipinski definition) is 4. The lowest BCUT2D eigenvalue weighted by molar-refractivity contribution is -0.132. The second kappa shape index (κ2) is 10.8. The Morgan fingerprint density at radius 2 is 1.70 bits per heavy atom. The molecule has 0 aromatic heterocycles. The van der Waals surface area contributed by atoms with Crippen molar-refractivity contribution in [3.8, 4) is 5.75 Å². The Morgan fingerprint density at radius 1 is 0.970 bits per heavy atom. The van der Waals surface area contributed by atoms with Gasteiger partial charge in [-0.05, 0) is 59.7 Å². The summed E-state index contributed by atoms with van der Waals surface area (Å²) in [5.41, 5.74) is 1.21. The number of carboxylic acid groups (broad SMARTS) is 1. The summed E-state index contributed by atoms with van der Waals surface area (Å²) in [5, 5.41) is 24.0. The summed E-state index contributed by atoms with van der Waals surface area (Å²) in [6.07, 6.45) is 1.32. The Bertz CT molecular complexity index is 1240. The van der Waals surface area contributed by atoms with Crippen LogP contribution in [-0.4, -0.2) is 28.0 Å². The molecule has 0 aliphatic carbocycles. The summed E-state index contributed by atoms with van der Waals surface area (Å²) in [4.78, 5) is 36.6. The van der Waals surface area contributed by atoms with Gasteiger partial charge in [0, 0.05) is 16.6 Å². The first-order valence-electron chi connectivity index (χ1n) is 9.60. The Kier molecular flexibility index (Phi) is 7.87. The first-order chi connectivity index (χ1) is 15.7. The van der Waals surface area contributed by atoms with Crippen molar-refractivity contribution >= 4 is 51.4 Å². The fraction of sp³-hybridized carbons (Fsp3) is 0.0417. The van der Waals surface area contributed by atoms with E-state index in [-0.39, 0.29) is 34.1 Å². The van der Waals surface area contributed by atoms with E-state index in [1.165, 1.54) is 36.4 Å². The maximum Gasteiger partial charge on any atom is 0.352 e. The number of aromatic hydroxyl groups is 1. The molecule has 168 valence electrons. The van der Waals surface area contributed by atoms with Crippen molar-refractivity contribution in [2.75, 3.05) is 0 Å². The molecule has 3 aromatic carbocycles. The number of aliphatic carboxylic acids is 1. The molecule has 3 rings (SSSR count). The van der Waals surface area contributed by atoms with Gasteiger partial charge in [-0.2, -0.15) is 0 Å². The van der Waals surface area contributed by atoms with E-state index in [9.17, 15) is 24.6 Å². The van der Waals surface area contributed by atoms with E-state index in [0.717, 1.165) is 4.47 Å². The predicted octanol–water partition coefficient (Wildman–Crippen LogP) is 4.59. The van der Waals surface area contributed by atoms with Gasteiger partial charge in [0.1, 0.15) is 11.4 Å². The molecule has 0 heterocycles. The van der Waals surface area contributed by atoms with Crippen molar-refractivity contribution in [3.05, 3.63) is 104 Å². The summed E-state index contributed by atoms with van der Waals surface area (Å²) in [5.74, 6) is -2.37. The molecule has 4 N–H and O–H groups in total. The summed E-state index contributed by atoms with van der Waals surface area (Å²) in [6, 6.07) is 17.4. The Balaban J connectivity index is 1.71. The lowest BCUT2D eigenvalue weighted by Crippen LogP contribution is -2.28. The summed E-state index contributed by atoms with van der Waals surface area (Å²) < 4.78 is 0.832. The fourth-order valence-electron chi connectivity index (χ4n) is 2.86. The van der Waals surface area contributed by atoms with Crippen molar-refractivity contribution in [2.24, 2.45) is 0 Å². The van der Waals surface area contributed by atoms with Crippen LogP contribution in [0.2, 0.25) is 5.02 Å². The van der Waals surface area contributed by atoms with Crippen molar-refractivity contribution in [2.45, 2.75) is 6.54 Å². The average Bonchev–Trinajstić information content (AvgIpc) is 2.78. The number of nitrogens with one attached hydrogen (secondary N) is 2. The number of rotatable bonds is 7. The third-order valence-corrected chi connectivity index (χ3v) is 5.34. The van der Waals surface area contributed by atoms with Gasteiger partial charge in [0.25, 0.3) is 11.8 Å². The minimum Gasteiger partial charge on any atom is -0.508 e. The van der Waals surface area contributed by atoms with Crippen LogP contribution in [0, 0.1) is 0 Å². The van der Waals surface area contributed by atoms with Gasteiger partial charge in [0.2, 0.25) is 0 Å². The molecule has 33 heavy (non-hydrogen) atoms. The van der Waals surface area contributed by atoms with Gasteiger partial charge in [-0.25, -0.2) is 4.79 Å². The van der Waals surface area contributed by atoms with Crippen LogP contribution in [0.15, 0.2) is 76.9 Å². The number of amides is 2. The zero-order valence-electron chi connectivity index (χ0n) is 17.0. The van der Waals surface area contributed by atoms with Crippen LogP contribution < -0.4 is 10.6 Å². The Morgan fingerprint density at radius 3 is 2.33 bits per heavy atom. The number of phenols is 1. The molecule has 0 bridgehead atoms. The number of halogens is 2. The number of carboxylic acids is 1. The molecule has 0 fully saturated rings. The molecule has 0 aliphatic heterocycles. The van der Waals surface area contributed by atoms with Crippen LogP contribution in [0.25, 0.3) is 6.08 Å². The first-order valence-corrected chi connectivity index (χ1v) is 10.8. The van der Waals surface area contributed by atoms with Crippen LogP contribution in [0.1, 0.15) is 31.8 Å². The van der Waals surface area contributed by atoms with E-state index in [1.807, 2.05) is 0 Å². The van der Waals surface area contributed by atoms with Gasteiger partial charge in [0.05, 0.1) is 10.6 Å². The molecule has 0 unspecified atom stereocenters. The summed E-state index contributed by atoms with van der Waals surface area (Å²) >= 11 is 9.50. The van der Waals surface area contributed by atoms with Crippen LogP contribution in [-0.2, 0) is 11.3 Å². The monoisotopic (exact) mass is 528 g/mol. The largest absolute Gasteiger partial charge is 0.508 e. The molecule has 0 spiro atoms. The van der Waals surface area contributed by atoms with Crippen molar-refractivity contribution in [1.82, 2.24) is 10.6 Å². The lowest BCUT2D eigenvalue weighted by Gasteiger charge is -2.10. The standard InChI is InChI=1S/C24H18BrClN2O5/c25-17-7-4-14(5-8-17)11-21(24(32)33)28-23(31)19-9-6-16(12-20(19)26)22(30)27-13-15-2-1-3-18(29)10-15/h1-12,29H,13H2,(H,27,30)(H,28,31)(H,32,33). The maximum absolute atomic E-state index is 12.6. The summed E-state index contributed by atoms with van der Waals surface area (Å²) in [6.45, 7) is 0.190. The highest BCUT2D eigenvalue weighted by Gasteiger charge is 2.17. The van der Waals surface area contributed by atoms with Crippen LogP contribution >= 0.6 is 27.5 Å². The van der Waals surface area contributed by atoms with Gasteiger partial charge in [-0.1, -0.05) is 51.8 Å². The highest BCUT2D eigenvalue weighted by molar-refractivity contribution is 9.10. The van der Waals surface area contributed by atoms with E-state index >= 15 is 0 Å². The van der Waals surface area contributed by atoms with Gasteiger partial charge >= 0.3 is 5.97 Å². The maximum atomic E-state index is 12.6. The Hall–Kier alpha value is -3.62. The molecule has 9 heteroatoms. The van der Waals surface area contributed by atoms with Crippen molar-refractivity contribution in [1.29, 1.82) is 0 Å². The zero-order valence-corrected chi connectivity index (χ0v) is 19.4. The second-order valence-electron chi connectivity index (χ2n) is 6.92. The predicted molar refractivity (Wildman–Crippen MR) is 128 cm³/mol. The van der Waals surface area contributed by atoms with Crippen LogP contribution in [0.5, 0.6) is 5.75 Å². The molecule has 0 saturated carbocycles. The highest BCUT2D eigenvalue weighted by Crippen LogP contribution is 2.19. The van der Waals surface area contributed by atoms with Crippen molar-refractivity contribution in [3.63, 3.8) is 0 Å². The topological polar surface area (TPSA) is 116 Å². The fourth-order valence-corrected chi connectivity index (χ4v) is 3.39. The van der Waals surface area contributed by atoms with Crippen molar-refractivity contribution < 1.29 is 24.6 Å². The second-order valence-corrected chi connectivity index (χ2v) is 8.24. The number of carbonyl (C=O) groups is 3. The van der Waals surface area contributed by atoms with Gasteiger partial charge < -0.3 is 20.8 Å². The van der Waals surface area contributed by atoms with E-state index in [1.54, 1.807) is 36.4 Å². The first kappa shape index (κ1) is 24.0. The quantitative estimate of drug-likeness (QED) is 0.334. The van der Waals surface area contributed by atoms with E-state index < -0.39 is 17.8 Å². The SMILES string of the molecule is O=C(O)C(=Cc1ccc(Br)cc1)NC(=O)c1ccc(C(=O)NCc2cccc(O)c2)cc1Cl. The zero-order chi connectivity index (χ0) is 24.0. The molecule has 0 radical (unpaired) electrons. The average molecular weight is 530 g/mol. The van der Waals surface area contributed by atoms with Gasteiger partial charge in [-0.3, -0.25) is 9.59 Å². The molecule has 3 aromatic rings. The van der Waals surface area contributed by atoms with Crippen LogP contribution in [0.4, 0.5) is 0 Å². The van der Waals surface area contributed by atoms with E-state index in [4.69, 9.17) is 11.6 Å². The minimum absolute atomic E-state index is 0.00844. The molecule has 0 saturated heterocycles. The third kappa shape index (κ3) is 6.68. The lowest BCUT2D eigenvalue weighted by atomic mass is 10.1. The molecular weight excluding hydrogens is 512 g/mol.